The maximum absolute atomic E-state index is 13.1. The Morgan fingerprint density at radius 2 is 2.19 bits per heavy atom. The molecule has 0 saturated carbocycles. The van der Waals surface area contributed by atoms with E-state index in [1.54, 1.807) is 13.2 Å². The van der Waals surface area contributed by atoms with Gasteiger partial charge in [-0.1, -0.05) is 0 Å². The molecule has 1 amide bonds. The Labute approximate surface area is 181 Å². The van der Waals surface area contributed by atoms with Crippen LogP contribution in [0.15, 0.2) is 12.3 Å². The van der Waals surface area contributed by atoms with Crippen molar-refractivity contribution in [3.63, 3.8) is 0 Å². The first kappa shape index (κ1) is 21.1. The number of aryl methyl sites for hydroxylation is 2. The molecule has 3 aromatic heterocycles. The van der Waals surface area contributed by atoms with Crippen LogP contribution in [0.1, 0.15) is 38.7 Å². The SMILES string of the molecule is COCc1nc(OC)c2c(C)c(C(=O)N[C@@H]3CCc4ncc([N+](=O)[O-])cc4C3)sc2n1. The van der Waals surface area contributed by atoms with Crippen LogP contribution >= 0.6 is 11.3 Å². The Morgan fingerprint density at radius 3 is 2.90 bits per heavy atom. The monoisotopic (exact) mass is 443 g/mol. The molecule has 1 aliphatic carbocycles. The topological polar surface area (TPSA) is 129 Å². The van der Waals surface area contributed by atoms with Gasteiger partial charge in [0.15, 0.2) is 5.82 Å². The second kappa shape index (κ2) is 8.52. The largest absolute Gasteiger partial charge is 0.480 e. The van der Waals surface area contributed by atoms with E-state index in [9.17, 15) is 14.9 Å². The van der Waals surface area contributed by atoms with Gasteiger partial charge in [-0.25, -0.2) is 4.98 Å². The lowest BCUT2D eigenvalue weighted by Gasteiger charge is -2.24. The maximum atomic E-state index is 13.1. The molecule has 162 valence electrons. The number of nitrogens with one attached hydrogen (secondary N) is 1. The van der Waals surface area contributed by atoms with Gasteiger partial charge in [0.2, 0.25) is 5.88 Å². The fourth-order valence-corrected chi connectivity index (χ4v) is 4.88. The first-order chi connectivity index (χ1) is 14.9. The van der Waals surface area contributed by atoms with Crippen molar-refractivity contribution < 1.29 is 19.2 Å². The number of rotatable bonds is 6. The molecule has 0 bridgehead atoms. The zero-order chi connectivity index (χ0) is 22.1. The van der Waals surface area contributed by atoms with Gasteiger partial charge < -0.3 is 14.8 Å². The molecule has 0 saturated heterocycles. The summed E-state index contributed by atoms with van der Waals surface area (Å²) in [4.78, 5) is 37.9. The summed E-state index contributed by atoms with van der Waals surface area (Å²) in [6, 6.07) is 1.41. The number of nitro groups is 1. The summed E-state index contributed by atoms with van der Waals surface area (Å²) < 4.78 is 10.5. The Morgan fingerprint density at radius 1 is 1.39 bits per heavy atom. The standard InChI is InChI=1S/C20H21N5O5S/c1-10-16-19(30-3)23-15(9-29-2)24-20(16)31-17(10)18(26)22-12-4-5-14-11(6-12)7-13(8-21-14)25(27)28/h7-8,12H,4-6,9H2,1-3H3,(H,22,26)/t12-/m1/s1. The third-order valence-electron chi connectivity index (χ3n) is 5.26. The Bertz CT molecular complexity index is 1180. The third kappa shape index (κ3) is 4.06. The van der Waals surface area contributed by atoms with Gasteiger partial charge in [0.1, 0.15) is 17.6 Å². The second-order valence-corrected chi connectivity index (χ2v) is 8.29. The van der Waals surface area contributed by atoms with Crippen LogP contribution in [0.5, 0.6) is 5.88 Å². The average Bonchev–Trinajstić information content (AvgIpc) is 3.09. The summed E-state index contributed by atoms with van der Waals surface area (Å²) in [5, 5.41) is 14.8. The van der Waals surface area contributed by atoms with E-state index in [0.717, 1.165) is 16.8 Å². The highest BCUT2D eigenvalue weighted by Gasteiger charge is 2.26. The molecular formula is C20H21N5O5S. The molecule has 0 unspecified atom stereocenters. The highest BCUT2D eigenvalue weighted by atomic mass is 32.1. The fraction of sp³-hybridized carbons (Fsp3) is 0.400. The van der Waals surface area contributed by atoms with E-state index in [1.807, 2.05) is 6.92 Å². The maximum Gasteiger partial charge on any atom is 0.287 e. The molecule has 0 fully saturated rings. The van der Waals surface area contributed by atoms with Crippen molar-refractivity contribution >= 4 is 33.1 Å². The van der Waals surface area contributed by atoms with Crippen LogP contribution in [0.4, 0.5) is 5.69 Å². The first-order valence-electron chi connectivity index (χ1n) is 9.67. The molecule has 0 aliphatic heterocycles. The number of carbonyl (C=O) groups excluding carboxylic acids is 1. The Hall–Kier alpha value is -3.18. The van der Waals surface area contributed by atoms with Gasteiger partial charge in [0.25, 0.3) is 11.6 Å². The minimum Gasteiger partial charge on any atom is -0.480 e. The minimum absolute atomic E-state index is 0.0383. The van der Waals surface area contributed by atoms with E-state index in [2.05, 4.69) is 20.3 Å². The number of amides is 1. The molecule has 0 aromatic carbocycles. The summed E-state index contributed by atoms with van der Waals surface area (Å²) in [6.07, 6.45) is 3.16. The summed E-state index contributed by atoms with van der Waals surface area (Å²) in [5.74, 6) is 0.690. The molecule has 4 rings (SSSR count). The van der Waals surface area contributed by atoms with Gasteiger partial charge in [-0.15, -0.1) is 11.3 Å². The minimum atomic E-state index is -0.456. The Balaban J connectivity index is 1.58. The summed E-state index contributed by atoms with van der Waals surface area (Å²) in [6.45, 7) is 2.09. The van der Waals surface area contributed by atoms with Gasteiger partial charge in [0.05, 0.1) is 22.3 Å². The van der Waals surface area contributed by atoms with Crippen LogP contribution in [-0.4, -0.2) is 46.0 Å². The van der Waals surface area contributed by atoms with Gasteiger partial charge in [-0.2, -0.15) is 4.98 Å². The van der Waals surface area contributed by atoms with E-state index in [-0.39, 0.29) is 24.2 Å². The summed E-state index contributed by atoms with van der Waals surface area (Å²) >= 11 is 1.28. The van der Waals surface area contributed by atoms with Crippen LogP contribution in [0.25, 0.3) is 10.2 Å². The van der Waals surface area contributed by atoms with Crippen LogP contribution in [0.3, 0.4) is 0 Å². The number of nitrogens with zero attached hydrogens (tertiary/aromatic N) is 4. The molecule has 3 heterocycles. The number of aromatic nitrogens is 3. The molecule has 1 aliphatic rings. The smallest absolute Gasteiger partial charge is 0.287 e. The van der Waals surface area contributed by atoms with Crippen LogP contribution in [-0.2, 0) is 24.2 Å². The van der Waals surface area contributed by atoms with Gasteiger partial charge in [-0.3, -0.25) is 19.9 Å². The van der Waals surface area contributed by atoms with E-state index < -0.39 is 4.92 Å². The van der Waals surface area contributed by atoms with Gasteiger partial charge in [0, 0.05) is 24.9 Å². The number of fused-ring (bicyclic) bond motifs is 2. The molecule has 11 heteroatoms. The predicted octanol–water partition coefficient (Wildman–Crippen LogP) is 2.75. The number of pyridine rings is 1. The van der Waals surface area contributed by atoms with Crippen molar-refractivity contribution in [2.75, 3.05) is 14.2 Å². The molecule has 10 nitrogen and oxygen atoms in total. The molecule has 0 spiro atoms. The zero-order valence-electron chi connectivity index (χ0n) is 17.3. The molecule has 1 N–H and O–H groups in total. The quantitative estimate of drug-likeness (QED) is 0.455. The van der Waals surface area contributed by atoms with Gasteiger partial charge in [-0.05, 0) is 37.3 Å². The molecule has 0 radical (unpaired) electrons. The lowest BCUT2D eigenvalue weighted by Crippen LogP contribution is -2.39. The van der Waals surface area contributed by atoms with E-state index in [4.69, 9.17) is 9.47 Å². The van der Waals surface area contributed by atoms with Crippen LogP contribution in [0.2, 0.25) is 0 Å². The number of methoxy groups -OCH3 is 2. The van der Waals surface area contributed by atoms with E-state index in [0.29, 0.717) is 46.1 Å². The normalized spacial score (nSPS) is 15.5. The van der Waals surface area contributed by atoms with Crippen molar-refractivity contribution in [1.29, 1.82) is 0 Å². The fourth-order valence-electron chi connectivity index (χ4n) is 3.78. The zero-order valence-corrected chi connectivity index (χ0v) is 18.1. The number of ether oxygens (including phenoxy) is 2. The Kier molecular flexibility index (Phi) is 5.79. The van der Waals surface area contributed by atoms with E-state index in [1.165, 1.54) is 24.6 Å². The number of thiophene rings is 1. The lowest BCUT2D eigenvalue weighted by atomic mass is 9.91. The molecule has 3 aromatic rings. The van der Waals surface area contributed by atoms with Crippen molar-refractivity contribution in [2.24, 2.45) is 0 Å². The van der Waals surface area contributed by atoms with Crippen LogP contribution in [0, 0.1) is 17.0 Å². The number of hydrogen-bond donors (Lipinski definition) is 1. The van der Waals surface area contributed by atoms with Crippen molar-refractivity contribution in [3.05, 3.63) is 49.9 Å². The summed E-state index contributed by atoms with van der Waals surface area (Å²) in [5.41, 5.74) is 2.37. The number of hydrogen-bond acceptors (Lipinski definition) is 9. The second-order valence-electron chi connectivity index (χ2n) is 7.29. The average molecular weight is 443 g/mol. The molecule has 31 heavy (non-hydrogen) atoms. The predicted molar refractivity (Wildman–Crippen MR) is 114 cm³/mol. The molecular weight excluding hydrogens is 422 g/mol. The molecule has 1 atom stereocenters. The summed E-state index contributed by atoms with van der Waals surface area (Å²) in [7, 11) is 3.09. The van der Waals surface area contributed by atoms with Gasteiger partial charge >= 0.3 is 0 Å². The van der Waals surface area contributed by atoms with Crippen molar-refractivity contribution in [1.82, 2.24) is 20.3 Å². The first-order valence-corrected chi connectivity index (χ1v) is 10.5. The van der Waals surface area contributed by atoms with Crippen molar-refractivity contribution in [3.8, 4) is 5.88 Å². The van der Waals surface area contributed by atoms with Crippen LogP contribution < -0.4 is 10.1 Å². The highest BCUT2D eigenvalue weighted by molar-refractivity contribution is 7.20. The van der Waals surface area contributed by atoms with Crippen molar-refractivity contribution in [2.45, 2.75) is 38.8 Å². The highest BCUT2D eigenvalue weighted by Crippen LogP contribution is 2.35. The lowest BCUT2D eigenvalue weighted by molar-refractivity contribution is -0.385. The number of carbonyl (C=O) groups is 1. The van der Waals surface area contributed by atoms with E-state index >= 15 is 0 Å². The third-order valence-corrected chi connectivity index (χ3v) is 6.45.